The van der Waals surface area contributed by atoms with Crippen molar-refractivity contribution in [2.45, 2.75) is 45.4 Å². The van der Waals surface area contributed by atoms with Crippen molar-refractivity contribution in [1.82, 2.24) is 20.5 Å². The molecule has 35 heavy (non-hydrogen) atoms. The molecule has 1 heterocycles. The van der Waals surface area contributed by atoms with Crippen LogP contribution in [0.4, 0.5) is 13.6 Å². The van der Waals surface area contributed by atoms with E-state index in [0.717, 1.165) is 12.8 Å². The van der Waals surface area contributed by atoms with E-state index in [4.69, 9.17) is 14.9 Å². The van der Waals surface area contributed by atoms with Gasteiger partial charge in [-0.3, -0.25) is 4.79 Å². The molecule has 1 saturated carbocycles. The normalized spacial score (nSPS) is 14.9. The standard InChI is InChI=1S/C23H31F2N5O5/c1-12(28-23(32)30(3)4)10-27-20(31)18-19(13(2)26)35-21(29-18)15-7-8-16(34-22(24)25)17(9-15)33-11-14-5-6-14/h7-9,12-14,22H,5-6,10-11,26H2,1-4H3,(H,27,31)(H,28,32)/t12-,13+/m1/s1. The minimum Gasteiger partial charge on any atom is -0.489 e. The van der Waals surface area contributed by atoms with E-state index >= 15 is 0 Å². The van der Waals surface area contributed by atoms with E-state index in [2.05, 4.69) is 20.4 Å². The predicted molar refractivity (Wildman–Crippen MR) is 123 cm³/mol. The maximum Gasteiger partial charge on any atom is 0.387 e. The highest BCUT2D eigenvalue weighted by Gasteiger charge is 2.26. The van der Waals surface area contributed by atoms with Gasteiger partial charge in [0.15, 0.2) is 23.0 Å². The zero-order chi connectivity index (χ0) is 25.7. The Balaban J connectivity index is 1.79. The Bertz CT molecular complexity index is 1040. The summed E-state index contributed by atoms with van der Waals surface area (Å²) in [6.07, 6.45) is 2.05. The Labute approximate surface area is 202 Å². The molecule has 0 bridgehead atoms. The van der Waals surface area contributed by atoms with Gasteiger partial charge in [-0.05, 0) is 50.8 Å². The van der Waals surface area contributed by atoms with Crippen LogP contribution in [-0.4, -0.2) is 61.7 Å². The molecule has 1 aromatic carbocycles. The number of benzene rings is 1. The first-order valence-electron chi connectivity index (χ1n) is 11.3. The van der Waals surface area contributed by atoms with Crippen molar-refractivity contribution in [2.24, 2.45) is 11.7 Å². The quantitative estimate of drug-likeness (QED) is 0.436. The van der Waals surface area contributed by atoms with Crippen LogP contribution < -0.4 is 25.8 Å². The molecule has 0 aliphatic heterocycles. The molecular formula is C23H31F2N5O5. The molecular weight excluding hydrogens is 464 g/mol. The number of nitrogens with zero attached hydrogens (tertiary/aromatic N) is 2. The Kier molecular flexibility index (Phi) is 8.49. The van der Waals surface area contributed by atoms with Crippen molar-refractivity contribution in [3.63, 3.8) is 0 Å². The molecule has 1 aliphatic carbocycles. The fourth-order valence-electron chi connectivity index (χ4n) is 3.09. The van der Waals surface area contributed by atoms with E-state index in [-0.39, 0.29) is 47.5 Å². The lowest BCUT2D eigenvalue weighted by molar-refractivity contribution is -0.0515. The van der Waals surface area contributed by atoms with E-state index in [1.807, 2.05) is 0 Å². The molecule has 1 aliphatic rings. The zero-order valence-corrected chi connectivity index (χ0v) is 20.1. The first kappa shape index (κ1) is 26.2. The second-order valence-electron chi connectivity index (χ2n) is 8.77. The summed E-state index contributed by atoms with van der Waals surface area (Å²) in [6.45, 7) is 0.920. The number of rotatable bonds is 11. The number of halogens is 2. The minimum absolute atomic E-state index is 0.00510. The fourth-order valence-corrected chi connectivity index (χ4v) is 3.09. The Hall–Kier alpha value is -3.41. The SMILES string of the molecule is C[C@H](CNC(=O)c1nc(-c2ccc(OC(F)F)c(OCC3CC3)c2)oc1[C@H](C)N)NC(=O)N(C)C. The van der Waals surface area contributed by atoms with Crippen molar-refractivity contribution in [3.05, 3.63) is 29.7 Å². The van der Waals surface area contributed by atoms with Gasteiger partial charge in [-0.15, -0.1) is 0 Å². The molecule has 3 amide bonds. The number of hydrogen-bond acceptors (Lipinski definition) is 7. The van der Waals surface area contributed by atoms with Crippen molar-refractivity contribution in [1.29, 1.82) is 0 Å². The average Bonchev–Trinajstić information content (AvgIpc) is 3.51. The number of nitrogens with two attached hydrogens (primary N) is 1. The summed E-state index contributed by atoms with van der Waals surface area (Å²) in [5.74, 6) is 0.139. The number of carbonyl (C=O) groups is 2. The maximum atomic E-state index is 12.8. The van der Waals surface area contributed by atoms with E-state index in [9.17, 15) is 18.4 Å². The molecule has 192 valence electrons. The smallest absolute Gasteiger partial charge is 0.387 e. The summed E-state index contributed by atoms with van der Waals surface area (Å²) in [6, 6.07) is 3.04. The third-order valence-electron chi connectivity index (χ3n) is 5.21. The predicted octanol–water partition coefficient (Wildman–Crippen LogP) is 3.14. The first-order chi connectivity index (χ1) is 16.5. The number of hydrogen-bond donors (Lipinski definition) is 3. The number of ether oxygens (including phenoxy) is 2. The van der Waals surface area contributed by atoms with Crippen LogP contribution in [0.3, 0.4) is 0 Å². The first-order valence-corrected chi connectivity index (χ1v) is 11.3. The third kappa shape index (κ3) is 7.28. The summed E-state index contributed by atoms with van der Waals surface area (Å²) in [5, 5.41) is 5.43. The van der Waals surface area contributed by atoms with E-state index in [1.165, 1.54) is 23.1 Å². The Morgan fingerprint density at radius 1 is 1.26 bits per heavy atom. The summed E-state index contributed by atoms with van der Waals surface area (Å²) >= 11 is 0. The molecule has 2 atom stereocenters. The number of aromatic nitrogens is 1. The van der Waals surface area contributed by atoms with Gasteiger partial charge >= 0.3 is 12.6 Å². The van der Waals surface area contributed by atoms with Crippen LogP contribution in [0, 0.1) is 5.92 Å². The van der Waals surface area contributed by atoms with Crippen molar-refractivity contribution in [2.75, 3.05) is 27.2 Å². The van der Waals surface area contributed by atoms with Crippen LogP contribution >= 0.6 is 0 Å². The topological polar surface area (TPSA) is 132 Å². The molecule has 3 rings (SSSR count). The van der Waals surface area contributed by atoms with E-state index in [0.29, 0.717) is 18.1 Å². The summed E-state index contributed by atoms with van der Waals surface area (Å²) < 4.78 is 41.7. The molecule has 0 saturated heterocycles. The molecule has 1 fully saturated rings. The molecule has 0 spiro atoms. The van der Waals surface area contributed by atoms with Crippen LogP contribution in [0.2, 0.25) is 0 Å². The summed E-state index contributed by atoms with van der Waals surface area (Å²) in [7, 11) is 3.22. The number of nitrogens with one attached hydrogen (secondary N) is 2. The zero-order valence-electron chi connectivity index (χ0n) is 20.1. The lowest BCUT2D eigenvalue weighted by atomic mass is 10.2. The molecule has 4 N–H and O–H groups in total. The number of oxazole rings is 1. The van der Waals surface area contributed by atoms with Crippen LogP contribution in [-0.2, 0) is 0 Å². The van der Waals surface area contributed by atoms with Gasteiger partial charge in [-0.25, -0.2) is 9.78 Å². The van der Waals surface area contributed by atoms with Crippen LogP contribution in [0.1, 0.15) is 49.0 Å². The van der Waals surface area contributed by atoms with Crippen molar-refractivity contribution < 1.29 is 32.3 Å². The van der Waals surface area contributed by atoms with E-state index in [1.54, 1.807) is 27.9 Å². The van der Waals surface area contributed by atoms with Crippen LogP contribution in [0.15, 0.2) is 22.6 Å². The molecule has 0 radical (unpaired) electrons. The Morgan fingerprint density at radius 3 is 2.57 bits per heavy atom. The number of amides is 3. The Morgan fingerprint density at radius 2 is 1.97 bits per heavy atom. The molecule has 0 unspecified atom stereocenters. The lowest BCUT2D eigenvalue weighted by Crippen LogP contribution is -2.45. The minimum atomic E-state index is -3.00. The van der Waals surface area contributed by atoms with Gasteiger partial charge < -0.3 is 35.2 Å². The van der Waals surface area contributed by atoms with Crippen LogP contribution in [0.25, 0.3) is 11.5 Å². The highest BCUT2D eigenvalue weighted by Crippen LogP contribution is 2.37. The average molecular weight is 496 g/mol. The molecule has 12 heteroatoms. The highest BCUT2D eigenvalue weighted by molar-refractivity contribution is 5.94. The van der Waals surface area contributed by atoms with Crippen molar-refractivity contribution >= 4 is 11.9 Å². The van der Waals surface area contributed by atoms with Gasteiger partial charge in [0.25, 0.3) is 5.91 Å². The number of alkyl halides is 2. The monoisotopic (exact) mass is 495 g/mol. The highest BCUT2D eigenvalue weighted by atomic mass is 19.3. The molecule has 10 nitrogen and oxygen atoms in total. The lowest BCUT2D eigenvalue weighted by Gasteiger charge is -2.18. The maximum absolute atomic E-state index is 12.8. The van der Waals surface area contributed by atoms with Gasteiger partial charge in [-0.1, -0.05) is 0 Å². The van der Waals surface area contributed by atoms with Gasteiger partial charge in [0.05, 0.1) is 12.6 Å². The van der Waals surface area contributed by atoms with Gasteiger partial charge in [0.1, 0.15) is 0 Å². The molecule has 1 aromatic heterocycles. The second-order valence-corrected chi connectivity index (χ2v) is 8.77. The van der Waals surface area contributed by atoms with Crippen molar-refractivity contribution in [3.8, 4) is 23.0 Å². The second kappa shape index (κ2) is 11.3. The third-order valence-corrected chi connectivity index (χ3v) is 5.21. The number of urea groups is 1. The summed E-state index contributed by atoms with van der Waals surface area (Å²) in [4.78, 5) is 30.3. The largest absolute Gasteiger partial charge is 0.489 e. The van der Waals surface area contributed by atoms with Gasteiger partial charge in [0.2, 0.25) is 5.89 Å². The summed E-state index contributed by atoms with van der Waals surface area (Å²) in [5.41, 5.74) is 6.39. The van der Waals surface area contributed by atoms with Gasteiger partial charge in [0, 0.05) is 32.2 Å². The molecule has 2 aromatic rings. The number of carbonyl (C=O) groups excluding carboxylic acids is 2. The van der Waals surface area contributed by atoms with Crippen LogP contribution in [0.5, 0.6) is 11.5 Å². The van der Waals surface area contributed by atoms with Gasteiger partial charge in [-0.2, -0.15) is 8.78 Å². The fraction of sp³-hybridized carbons (Fsp3) is 0.522. The van der Waals surface area contributed by atoms with E-state index < -0.39 is 18.6 Å².